The second-order valence-corrected chi connectivity index (χ2v) is 6.35. The number of nitrogens with zero attached hydrogens (tertiary/aromatic N) is 2. The van der Waals surface area contributed by atoms with Gasteiger partial charge < -0.3 is 10.1 Å². The number of halogens is 2. The number of amides is 2. The Labute approximate surface area is 176 Å². The molecule has 3 rings (SSSR count). The van der Waals surface area contributed by atoms with Gasteiger partial charge in [0.2, 0.25) is 0 Å². The Balaban J connectivity index is 1.53. The lowest BCUT2D eigenvalue weighted by molar-refractivity contribution is -0.118. The van der Waals surface area contributed by atoms with E-state index in [-0.39, 0.29) is 29.0 Å². The highest BCUT2D eigenvalue weighted by Crippen LogP contribution is 2.25. The third-order valence-electron chi connectivity index (χ3n) is 3.78. The molecule has 0 unspecified atom stereocenters. The number of hydrogen-bond donors (Lipinski definition) is 2. The number of anilines is 1. The standard InChI is InChI=1S/C21H16ClFN4O3/c22-16-11-14(12-25-27-21(29)15-7-9-24-10-8-15)5-6-19(16)30-13-20(28)26-18-4-2-1-3-17(18)23/h1-12H,13H2,(H,26,28)(H,27,29)/b25-12-. The van der Waals surface area contributed by atoms with E-state index in [1.165, 1.54) is 36.8 Å². The molecule has 1 heterocycles. The van der Waals surface area contributed by atoms with Crippen molar-refractivity contribution in [2.45, 2.75) is 0 Å². The average Bonchev–Trinajstić information content (AvgIpc) is 2.75. The fourth-order valence-corrected chi connectivity index (χ4v) is 2.58. The Morgan fingerprint density at radius 2 is 1.90 bits per heavy atom. The lowest BCUT2D eigenvalue weighted by Gasteiger charge is -2.09. The Morgan fingerprint density at radius 1 is 1.13 bits per heavy atom. The number of benzene rings is 2. The third-order valence-corrected chi connectivity index (χ3v) is 4.08. The van der Waals surface area contributed by atoms with E-state index in [4.69, 9.17) is 16.3 Å². The molecule has 3 aromatic rings. The molecule has 0 saturated heterocycles. The third kappa shape index (κ3) is 5.86. The molecular weight excluding hydrogens is 411 g/mol. The van der Waals surface area contributed by atoms with Gasteiger partial charge in [0.15, 0.2) is 6.61 Å². The van der Waals surface area contributed by atoms with E-state index < -0.39 is 11.7 Å². The number of para-hydroxylation sites is 1. The fourth-order valence-electron chi connectivity index (χ4n) is 2.34. The molecule has 1 aromatic heterocycles. The molecule has 0 aliphatic carbocycles. The van der Waals surface area contributed by atoms with Crippen LogP contribution in [-0.4, -0.2) is 29.6 Å². The van der Waals surface area contributed by atoms with Gasteiger partial charge in [0.1, 0.15) is 11.6 Å². The number of carbonyl (C=O) groups is 2. The first-order valence-corrected chi connectivity index (χ1v) is 9.11. The Morgan fingerprint density at radius 3 is 2.63 bits per heavy atom. The van der Waals surface area contributed by atoms with Crippen LogP contribution in [-0.2, 0) is 4.79 Å². The quantitative estimate of drug-likeness (QED) is 0.445. The Hall–Kier alpha value is -3.78. The van der Waals surface area contributed by atoms with Gasteiger partial charge in [-0.25, -0.2) is 9.82 Å². The van der Waals surface area contributed by atoms with Gasteiger partial charge in [-0.05, 0) is 48.0 Å². The van der Waals surface area contributed by atoms with Gasteiger partial charge in [-0.15, -0.1) is 0 Å². The summed E-state index contributed by atoms with van der Waals surface area (Å²) in [5.74, 6) is -1.16. The zero-order valence-electron chi connectivity index (χ0n) is 15.5. The number of hydrazone groups is 1. The lowest BCUT2D eigenvalue weighted by atomic mass is 10.2. The van der Waals surface area contributed by atoms with Gasteiger partial charge in [-0.3, -0.25) is 14.6 Å². The number of pyridine rings is 1. The van der Waals surface area contributed by atoms with Crippen molar-refractivity contribution < 1.29 is 18.7 Å². The zero-order valence-corrected chi connectivity index (χ0v) is 16.3. The topological polar surface area (TPSA) is 92.7 Å². The predicted molar refractivity (Wildman–Crippen MR) is 111 cm³/mol. The van der Waals surface area contributed by atoms with Crippen LogP contribution in [0, 0.1) is 5.82 Å². The highest BCUT2D eigenvalue weighted by molar-refractivity contribution is 6.32. The second-order valence-electron chi connectivity index (χ2n) is 5.94. The van der Waals surface area contributed by atoms with Crippen LogP contribution in [0.25, 0.3) is 0 Å². The minimum Gasteiger partial charge on any atom is -0.482 e. The van der Waals surface area contributed by atoms with Crippen LogP contribution in [0.5, 0.6) is 5.75 Å². The predicted octanol–water partition coefficient (Wildman–Crippen LogP) is 3.66. The normalized spacial score (nSPS) is 10.6. The molecular formula is C21H16ClFN4O3. The van der Waals surface area contributed by atoms with E-state index >= 15 is 0 Å². The first-order chi connectivity index (χ1) is 14.5. The van der Waals surface area contributed by atoms with E-state index in [1.54, 1.807) is 36.4 Å². The maximum absolute atomic E-state index is 13.6. The molecule has 0 fully saturated rings. The van der Waals surface area contributed by atoms with Gasteiger partial charge in [-0.1, -0.05) is 23.7 Å². The van der Waals surface area contributed by atoms with Crippen molar-refractivity contribution in [1.82, 2.24) is 10.4 Å². The highest BCUT2D eigenvalue weighted by Gasteiger charge is 2.09. The van der Waals surface area contributed by atoms with Crippen LogP contribution >= 0.6 is 11.6 Å². The molecule has 2 aromatic carbocycles. The summed E-state index contributed by atoms with van der Waals surface area (Å²) < 4.78 is 18.9. The van der Waals surface area contributed by atoms with E-state index in [0.717, 1.165) is 0 Å². The molecule has 0 spiro atoms. The van der Waals surface area contributed by atoms with Gasteiger partial charge >= 0.3 is 0 Å². The van der Waals surface area contributed by atoms with Crippen molar-refractivity contribution in [2.24, 2.45) is 5.10 Å². The molecule has 0 saturated carbocycles. The number of hydrogen-bond acceptors (Lipinski definition) is 5. The highest BCUT2D eigenvalue weighted by atomic mass is 35.5. The first kappa shape index (κ1) is 20.9. The molecule has 7 nitrogen and oxygen atoms in total. The summed E-state index contributed by atoms with van der Waals surface area (Å²) >= 11 is 6.16. The van der Waals surface area contributed by atoms with Gasteiger partial charge in [-0.2, -0.15) is 5.10 Å². The summed E-state index contributed by atoms with van der Waals surface area (Å²) in [5.41, 5.74) is 3.50. The summed E-state index contributed by atoms with van der Waals surface area (Å²) in [6, 6.07) is 13.7. The molecule has 30 heavy (non-hydrogen) atoms. The SMILES string of the molecule is O=C(COc1ccc(/C=N\NC(=O)c2ccncc2)cc1Cl)Nc1ccccc1F. The van der Waals surface area contributed by atoms with Gasteiger partial charge in [0.25, 0.3) is 11.8 Å². The van der Waals surface area contributed by atoms with Gasteiger partial charge in [0.05, 0.1) is 16.9 Å². The molecule has 0 radical (unpaired) electrons. The smallest absolute Gasteiger partial charge is 0.271 e. The molecule has 2 amide bonds. The van der Waals surface area contributed by atoms with Crippen LogP contribution in [0.15, 0.2) is 72.1 Å². The van der Waals surface area contributed by atoms with Crippen molar-refractivity contribution in [3.05, 3.63) is 89.0 Å². The number of nitrogens with one attached hydrogen (secondary N) is 2. The minimum atomic E-state index is -0.538. The van der Waals surface area contributed by atoms with Crippen molar-refractivity contribution in [2.75, 3.05) is 11.9 Å². The Bertz CT molecular complexity index is 1080. The molecule has 0 bridgehead atoms. The maximum Gasteiger partial charge on any atom is 0.271 e. The number of aromatic nitrogens is 1. The Kier molecular flexibility index (Phi) is 7.07. The van der Waals surface area contributed by atoms with Crippen molar-refractivity contribution in [1.29, 1.82) is 0 Å². The van der Waals surface area contributed by atoms with Gasteiger partial charge in [0, 0.05) is 18.0 Å². The van der Waals surface area contributed by atoms with Crippen molar-refractivity contribution >= 4 is 35.3 Å². The monoisotopic (exact) mass is 426 g/mol. The summed E-state index contributed by atoms with van der Waals surface area (Å²) in [5, 5.41) is 6.54. The van der Waals surface area contributed by atoms with Crippen molar-refractivity contribution in [3.8, 4) is 5.75 Å². The van der Waals surface area contributed by atoms with E-state index in [1.807, 2.05) is 0 Å². The summed E-state index contributed by atoms with van der Waals surface area (Å²) in [6.45, 7) is -0.344. The summed E-state index contributed by atoms with van der Waals surface area (Å²) in [4.78, 5) is 27.7. The van der Waals surface area contributed by atoms with E-state index in [9.17, 15) is 14.0 Å². The maximum atomic E-state index is 13.6. The number of rotatable bonds is 7. The molecule has 2 N–H and O–H groups in total. The summed E-state index contributed by atoms with van der Waals surface area (Å²) in [6.07, 6.45) is 4.43. The summed E-state index contributed by atoms with van der Waals surface area (Å²) in [7, 11) is 0. The average molecular weight is 427 g/mol. The van der Waals surface area contributed by atoms with Crippen LogP contribution in [0.1, 0.15) is 15.9 Å². The fraction of sp³-hybridized carbons (Fsp3) is 0.0476. The van der Waals surface area contributed by atoms with E-state index in [2.05, 4.69) is 20.8 Å². The van der Waals surface area contributed by atoms with Crippen LogP contribution in [0.3, 0.4) is 0 Å². The number of carbonyl (C=O) groups excluding carboxylic acids is 2. The van der Waals surface area contributed by atoms with Crippen LogP contribution in [0.4, 0.5) is 10.1 Å². The molecule has 0 atom stereocenters. The molecule has 0 aliphatic heterocycles. The van der Waals surface area contributed by atoms with Crippen LogP contribution in [0.2, 0.25) is 5.02 Å². The second kappa shape index (κ2) is 10.1. The minimum absolute atomic E-state index is 0.0672. The van der Waals surface area contributed by atoms with E-state index in [0.29, 0.717) is 11.1 Å². The molecule has 9 heteroatoms. The molecule has 0 aliphatic rings. The number of ether oxygens (including phenoxy) is 1. The lowest BCUT2D eigenvalue weighted by Crippen LogP contribution is -2.20. The van der Waals surface area contributed by atoms with Crippen molar-refractivity contribution in [3.63, 3.8) is 0 Å². The first-order valence-electron chi connectivity index (χ1n) is 8.73. The molecule has 152 valence electrons. The largest absolute Gasteiger partial charge is 0.482 e. The van der Waals surface area contributed by atoms with Crippen LogP contribution < -0.4 is 15.5 Å². The zero-order chi connectivity index (χ0) is 21.3.